The lowest BCUT2D eigenvalue weighted by atomic mass is 10.1. The van der Waals surface area contributed by atoms with Crippen LogP contribution in [-0.4, -0.2) is 44.8 Å². The number of unbranched alkanes of at least 4 members (excludes halogenated alkanes) is 1. The van der Waals surface area contributed by atoms with Gasteiger partial charge >= 0.3 is 0 Å². The Morgan fingerprint density at radius 2 is 1.91 bits per heavy atom. The molecule has 0 aromatic carbocycles. The van der Waals surface area contributed by atoms with E-state index in [9.17, 15) is 15.0 Å². The lowest BCUT2D eigenvalue weighted by Gasteiger charge is -2.22. The van der Waals surface area contributed by atoms with E-state index in [1.54, 1.807) is 12.4 Å². The maximum atomic E-state index is 11.6. The first-order valence-corrected chi connectivity index (χ1v) is 7.98. The fourth-order valence-electron chi connectivity index (χ4n) is 2.10. The van der Waals surface area contributed by atoms with E-state index >= 15 is 0 Å². The van der Waals surface area contributed by atoms with Crippen LogP contribution in [0.15, 0.2) is 12.4 Å². The Morgan fingerprint density at radius 3 is 2.45 bits per heavy atom. The SMILES string of the molecule is CCCCc1cnc(C[C@@H](O)[C@@H](CO)NC(=O)CCC)cn1. The summed E-state index contributed by atoms with van der Waals surface area (Å²) in [4.78, 5) is 20.2. The van der Waals surface area contributed by atoms with Gasteiger partial charge in [0.2, 0.25) is 5.91 Å². The summed E-state index contributed by atoms with van der Waals surface area (Å²) in [5, 5.41) is 22.1. The normalized spacial score (nSPS) is 13.6. The van der Waals surface area contributed by atoms with Crippen molar-refractivity contribution < 1.29 is 15.0 Å². The van der Waals surface area contributed by atoms with Crippen molar-refractivity contribution in [2.24, 2.45) is 0 Å². The van der Waals surface area contributed by atoms with E-state index in [1.165, 1.54) is 0 Å². The number of nitrogens with zero attached hydrogens (tertiary/aromatic N) is 2. The Morgan fingerprint density at radius 1 is 1.23 bits per heavy atom. The number of nitrogens with one attached hydrogen (secondary N) is 1. The summed E-state index contributed by atoms with van der Waals surface area (Å²) in [6.07, 6.45) is 6.93. The second-order valence-corrected chi connectivity index (χ2v) is 5.48. The molecule has 0 aliphatic heterocycles. The molecule has 124 valence electrons. The average Bonchev–Trinajstić information content (AvgIpc) is 2.52. The van der Waals surface area contributed by atoms with Crippen LogP contribution >= 0.6 is 0 Å². The van der Waals surface area contributed by atoms with E-state index in [0.29, 0.717) is 12.1 Å². The Labute approximate surface area is 132 Å². The lowest BCUT2D eigenvalue weighted by Crippen LogP contribution is -2.46. The summed E-state index contributed by atoms with van der Waals surface area (Å²) in [5.41, 5.74) is 1.59. The molecule has 6 nitrogen and oxygen atoms in total. The van der Waals surface area contributed by atoms with E-state index in [-0.39, 0.29) is 18.9 Å². The summed E-state index contributed by atoms with van der Waals surface area (Å²) in [6.45, 7) is 3.72. The van der Waals surface area contributed by atoms with Gasteiger partial charge in [0.15, 0.2) is 0 Å². The van der Waals surface area contributed by atoms with Gasteiger partial charge in [-0.3, -0.25) is 14.8 Å². The number of aryl methyl sites for hydroxylation is 1. The number of amides is 1. The molecule has 6 heteroatoms. The number of hydrogen-bond acceptors (Lipinski definition) is 5. The fraction of sp³-hybridized carbons (Fsp3) is 0.688. The van der Waals surface area contributed by atoms with Crippen molar-refractivity contribution in [3.05, 3.63) is 23.8 Å². The van der Waals surface area contributed by atoms with Gasteiger partial charge in [-0.25, -0.2) is 0 Å². The third-order valence-electron chi connectivity index (χ3n) is 3.45. The molecule has 0 saturated carbocycles. The summed E-state index contributed by atoms with van der Waals surface area (Å²) < 4.78 is 0. The van der Waals surface area contributed by atoms with Crippen molar-refractivity contribution >= 4 is 5.91 Å². The smallest absolute Gasteiger partial charge is 0.220 e. The molecule has 1 amide bonds. The van der Waals surface area contributed by atoms with Gasteiger partial charge in [-0.15, -0.1) is 0 Å². The molecule has 0 spiro atoms. The van der Waals surface area contributed by atoms with E-state index in [0.717, 1.165) is 31.4 Å². The minimum Gasteiger partial charge on any atom is -0.394 e. The van der Waals surface area contributed by atoms with Crippen LogP contribution in [-0.2, 0) is 17.6 Å². The summed E-state index contributed by atoms with van der Waals surface area (Å²) in [7, 11) is 0. The van der Waals surface area contributed by atoms with Crippen LogP contribution in [0, 0.1) is 0 Å². The number of aliphatic hydroxyl groups is 2. The summed E-state index contributed by atoms with van der Waals surface area (Å²) in [5.74, 6) is -0.165. The third-order valence-corrected chi connectivity index (χ3v) is 3.45. The fourth-order valence-corrected chi connectivity index (χ4v) is 2.10. The van der Waals surface area contributed by atoms with Gasteiger partial charge in [-0.1, -0.05) is 20.3 Å². The van der Waals surface area contributed by atoms with Gasteiger partial charge in [0.05, 0.1) is 30.1 Å². The number of hydrogen-bond donors (Lipinski definition) is 3. The van der Waals surface area contributed by atoms with E-state index in [1.807, 2.05) is 6.92 Å². The van der Waals surface area contributed by atoms with Crippen molar-refractivity contribution in [1.82, 2.24) is 15.3 Å². The number of carbonyl (C=O) groups excluding carboxylic acids is 1. The molecule has 1 aromatic heterocycles. The molecule has 0 fully saturated rings. The molecule has 1 rings (SSSR count). The number of carbonyl (C=O) groups is 1. The molecule has 0 bridgehead atoms. The zero-order chi connectivity index (χ0) is 16.4. The highest BCUT2D eigenvalue weighted by atomic mass is 16.3. The number of rotatable bonds is 10. The lowest BCUT2D eigenvalue weighted by molar-refractivity contribution is -0.123. The van der Waals surface area contributed by atoms with Gasteiger partial charge in [0, 0.05) is 25.2 Å². The van der Waals surface area contributed by atoms with Gasteiger partial charge in [-0.05, 0) is 19.3 Å². The van der Waals surface area contributed by atoms with Gasteiger partial charge in [-0.2, -0.15) is 0 Å². The van der Waals surface area contributed by atoms with Crippen LogP contribution in [0.4, 0.5) is 0 Å². The van der Waals surface area contributed by atoms with Crippen LogP contribution in [0.25, 0.3) is 0 Å². The number of aromatic nitrogens is 2. The van der Waals surface area contributed by atoms with E-state index in [4.69, 9.17) is 0 Å². The summed E-state index contributed by atoms with van der Waals surface area (Å²) >= 11 is 0. The van der Waals surface area contributed by atoms with Gasteiger partial charge < -0.3 is 15.5 Å². The molecule has 22 heavy (non-hydrogen) atoms. The maximum absolute atomic E-state index is 11.6. The minimum atomic E-state index is -0.887. The molecule has 1 aromatic rings. The number of aliphatic hydroxyl groups excluding tert-OH is 2. The molecule has 3 N–H and O–H groups in total. The van der Waals surface area contributed by atoms with Gasteiger partial charge in [0.25, 0.3) is 0 Å². The Bertz CT molecular complexity index is 437. The molecule has 0 aliphatic carbocycles. The van der Waals surface area contributed by atoms with Crippen molar-refractivity contribution in [3.63, 3.8) is 0 Å². The van der Waals surface area contributed by atoms with Crippen molar-refractivity contribution in [3.8, 4) is 0 Å². The van der Waals surface area contributed by atoms with Crippen LogP contribution in [0.3, 0.4) is 0 Å². The Hall–Kier alpha value is -1.53. The second-order valence-electron chi connectivity index (χ2n) is 5.48. The van der Waals surface area contributed by atoms with Crippen molar-refractivity contribution in [2.45, 2.75) is 64.5 Å². The maximum Gasteiger partial charge on any atom is 0.220 e. The van der Waals surface area contributed by atoms with Crippen LogP contribution in [0.5, 0.6) is 0 Å². The first-order valence-electron chi connectivity index (χ1n) is 7.98. The zero-order valence-corrected chi connectivity index (χ0v) is 13.5. The highest BCUT2D eigenvalue weighted by Gasteiger charge is 2.21. The quantitative estimate of drug-likeness (QED) is 0.599. The molecule has 0 radical (unpaired) electrons. The highest BCUT2D eigenvalue weighted by molar-refractivity contribution is 5.76. The molecule has 0 saturated heterocycles. The zero-order valence-electron chi connectivity index (χ0n) is 13.5. The first kappa shape index (κ1) is 18.5. The predicted octanol–water partition coefficient (Wildman–Crippen LogP) is 1.000. The Balaban J connectivity index is 2.54. The largest absolute Gasteiger partial charge is 0.394 e. The standard InChI is InChI=1S/C16H27N3O3/c1-3-5-7-12-9-18-13(10-17-12)8-15(21)14(11-20)19-16(22)6-4-2/h9-10,14-15,20-21H,3-8,11H2,1-2H3,(H,19,22)/t14-,15-/m1/s1. The molecular formula is C16H27N3O3. The Kier molecular flexibility index (Phi) is 8.62. The molecule has 2 atom stereocenters. The second kappa shape index (κ2) is 10.2. The highest BCUT2D eigenvalue weighted by Crippen LogP contribution is 2.06. The molecule has 0 unspecified atom stereocenters. The van der Waals surface area contributed by atoms with E-state index in [2.05, 4.69) is 22.2 Å². The van der Waals surface area contributed by atoms with Crippen molar-refractivity contribution in [2.75, 3.05) is 6.61 Å². The topological polar surface area (TPSA) is 95.3 Å². The van der Waals surface area contributed by atoms with Crippen LogP contribution < -0.4 is 5.32 Å². The average molecular weight is 309 g/mol. The van der Waals surface area contributed by atoms with Gasteiger partial charge in [0.1, 0.15) is 0 Å². The molecule has 1 heterocycles. The summed E-state index contributed by atoms with van der Waals surface area (Å²) in [6, 6.07) is -0.680. The molecular weight excluding hydrogens is 282 g/mol. The van der Waals surface area contributed by atoms with Crippen LogP contribution in [0.2, 0.25) is 0 Å². The van der Waals surface area contributed by atoms with E-state index < -0.39 is 12.1 Å². The third kappa shape index (κ3) is 6.49. The molecule has 0 aliphatic rings. The minimum absolute atomic E-state index is 0.165. The van der Waals surface area contributed by atoms with Crippen LogP contribution in [0.1, 0.15) is 50.9 Å². The first-order chi connectivity index (χ1) is 10.6. The monoisotopic (exact) mass is 309 g/mol. The van der Waals surface area contributed by atoms with Crippen molar-refractivity contribution in [1.29, 1.82) is 0 Å². The predicted molar refractivity (Wildman–Crippen MR) is 84.3 cm³/mol.